The maximum Gasteiger partial charge on any atom is 0.326 e. The zero-order chi connectivity index (χ0) is 17.8. The highest BCUT2D eigenvalue weighted by Gasteiger charge is 2.13. The summed E-state index contributed by atoms with van der Waals surface area (Å²) < 4.78 is 2.01. The molecule has 1 aromatic heterocycles. The number of carbonyl (C=O) groups is 1. The van der Waals surface area contributed by atoms with Crippen LogP contribution in [0.25, 0.3) is 11.0 Å². The van der Waals surface area contributed by atoms with E-state index in [2.05, 4.69) is 27.8 Å². The van der Waals surface area contributed by atoms with E-state index in [1.165, 1.54) is 0 Å². The first-order valence-corrected chi connectivity index (χ1v) is 8.42. The van der Waals surface area contributed by atoms with Crippen molar-refractivity contribution in [2.24, 2.45) is 0 Å². The van der Waals surface area contributed by atoms with E-state index in [1.807, 2.05) is 77.4 Å². The van der Waals surface area contributed by atoms with Crippen molar-refractivity contribution >= 4 is 28.7 Å². The Kier molecular flexibility index (Phi) is 4.35. The van der Waals surface area contributed by atoms with Crippen LogP contribution in [0.2, 0.25) is 0 Å². The lowest BCUT2D eigenvalue weighted by molar-refractivity contribution is 0.262. The summed E-state index contributed by atoms with van der Waals surface area (Å²) >= 11 is 0. The smallest absolute Gasteiger partial charge is 0.308 e. The van der Waals surface area contributed by atoms with Gasteiger partial charge in [0.15, 0.2) is 0 Å². The molecule has 0 bridgehead atoms. The number of nitrogens with zero attached hydrogens (tertiary/aromatic N) is 2. The minimum absolute atomic E-state index is 0.319. The third-order valence-electron chi connectivity index (χ3n) is 4.10. The Morgan fingerprint density at radius 2 is 1.46 bits per heavy atom. The summed E-state index contributed by atoms with van der Waals surface area (Å²) in [5.41, 5.74) is 3.70. The minimum atomic E-state index is -0.319. The van der Waals surface area contributed by atoms with Crippen LogP contribution in [0.15, 0.2) is 84.9 Å². The highest BCUT2D eigenvalue weighted by Crippen LogP contribution is 2.21. The molecule has 3 aromatic carbocycles. The number of rotatable bonds is 4. The number of para-hydroxylation sites is 3. The molecule has 0 saturated heterocycles. The molecule has 4 aromatic rings. The standard InChI is InChI=1S/C21H18N4O/c26-21(22-17-11-5-2-6-12-17)24-20-23-18-13-7-8-14-19(18)25(20)15-16-9-3-1-4-10-16/h1-14H,15H2,(H2,22,23,24,26). The summed E-state index contributed by atoms with van der Waals surface area (Å²) in [6.45, 7) is 0.627. The lowest BCUT2D eigenvalue weighted by Gasteiger charge is -2.11. The van der Waals surface area contributed by atoms with Crippen LogP contribution in [-0.4, -0.2) is 15.6 Å². The fraction of sp³-hybridized carbons (Fsp3) is 0.0476. The van der Waals surface area contributed by atoms with Crippen LogP contribution >= 0.6 is 0 Å². The van der Waals surface area contributed by atoms with E-state index < -0.39 is 0 Å². The highest BCUT2D eigenvalue weighted by molar-refractivity contribution is 5.99. The van der Waals surface area contributed by atoms with Gasteiger partial charge in [0.05, 0.1) is 17.6 Å². The molecule has 0 aliphatic rings. The van der Waals surface area contributed by atoms with E-state index in [9.17, 15) is 4.79 Å². The minimum Gasteiger partial charge on any atom is -0.308 e. The quantitative estimate of drug-likeness (QED) is 0.563. The highest BCUT2D eigenvalue weighted by atomic mass is 16.2. The number of aromatic nitrogens is 2. The molecule has 1 heterocycles. The van der Waals surface area contributed by atoms with Gasteiger partial charge in [0.2, 0.25) is 5.95 Å². The molecule has 0 saturated carbocycles. The molecule has 4 rings (SSSR count). The van der Waals surface area contributed by atoms with Crippen LogP contribution in [0.5, 0.6) is 0 Å². The normalized spacial score (nSPS) is 10.6. The molecule has 5 nitrogen and oxygen atoms in total. The Morgan fingerprint density at radius 3 is 2.23 bits per heavy atom. The number of anilines is 2. The average molecular weight is 342 g/mol. The molecule has 0 fully saturated rings. The van der Waals surface area contributed by atoms with Gasteiger partial charge in [-0.1, -0.05) is 60.7 Å². The zero-order valence-corrected chi connectivity index (χ0v) is 14.1. The van der Waals surface area contributed by atoms with Gasteiger partial charge in [0, 0.05) is 5.69 Å². The van der Waals surface area contributed by atoms with Gasteiger partial charge in [-0.3, -0.25) is 5.32 Å². The van der Waals surface area contributed by atoms with Gasteiger partial charge in [-0.05, 0) is 29.8 Å². The molecule has 2 N–H and O–H groups in total. The van der Waals surface area contributed by atoms with Crippen molar-refractivity contribution in [1.82, 2.24) is 9.55 Å². The Labute approximate surface area is 151 Å². The molecule has 26 heavy (non-hydrogen) atoms. The molecule has 0 radical (unpaired) electrons. The second-order valence-corrected chi connectivity index (χ2v) is 5.94. The molecule has 0 spiro atoms. The van der Waals surface area contributed by atoms with Crippen molar-refractivity contribution in [1.29, 1.82) is 0 Å². The predicted molar refractivity (Wildman–Crippen MR) is 104 cm³/mol. The van der Waals surface area contributed by atoms with E-state index in [0.717, 1.165) is 22.3 Å². The van der Waals surface area contributed by atoms with Gasteiger partial charge >= 0.3 is 6.03 Å². The summed E-state index contributed by atoms with van der Waals surface area (Å²) in [5, 5.41) is 5.69. The average Bonchev–Trinajstić information content (AvgIpc) is 3.00. The number of fused-ring (bicyclic) bond motifs is 1. The lowest BCUT2D eigenvalue weighted by Crippen LogP contribution is -2.22. The Hall–Kier alpha value is -3.60. The maximum absolute atomic E-state index is 12.4. The number of amides is 2. The van der Waals surface area contributed by atoms with Crippen LogP contribution in [-0.2, 0) is 6.54 Å². The van der Waals surface area contributed by atoms with E-state index in [1.54, 1.807) is 0 Å². The fourth-order valence-electron chi connectivity index (χ4n) is 2.88. The van der Waals surface area contributed by atoms with Crippen LogP contribution < -0.4 is 10.6 Å². The topological polar surface area (TPSA) is 59.0 Å². The number of imidazole rings is 1. The fourth-order valence-corrected chi connectivity index (χ4v) is 2.88. The summed E-state index contributed by atoms with van der Waals surface area (Å²) in [4.78, 5) is 17.0. The number of benzene rings is 3. The number of carbonyl (C=O) groups excluding carboxylic acids is 1. The Morgan fingerprint density at radius 1 is 0.808 bits per heavy atom. The van der Waals surface area contributed by atoms with Crippen molar-refractivity contribution in [2.75, 3.05) is 10.6 Å². The zero-order valence-electron chi connectivity index (χ0n) is 14.1. The van der Waals surface area contributed by atoms with Crippen molar-refractivity contribution in [3.8, 4) is 0 Å². The van der Waals surface area contributed by atoms with E-state index >= 15 is 0 Å². The van der Waals surface area contributed by atoms with E-state index in [-0.39, 0.29) is 6.03 Å². The third-order valence-corrected chi connectivity index (χ3v) is 4.10. The Balaban J connectivity index is 1.63. The first-order valence-electron chi connectivity index (χ1n) is 8.42. The van der Waals surface area contributed by atoms with Gasteiger partial charge in [-0.15, -0.1) is 0 Å². The van der Waals surface area contributed by atoms with E-state index in [4.69, 9.17) is 0 Å². The molecule has 0 atom stereocenters. The van der Waals surface area contributed by atoms with Gasteiger partial charge in [0.1, 0.15) is 0 Å². The monoisotopic (exact) mass is 342 g/mol. The van der Waals surface area contributed by atoms with Crippen molar-refractivity contribution < 1.29 is 4.79 Å². The van der Waals surface area contributed by atoms with Crippen LogP contribution in [0.1, 0.15) is 5.56 Å². The van der Waals surface area contributed by atoms with Crippen LogP contribution in [0.4, 0.5) is 16.4 Å². The Bertz CT molecular complexity index is 1030. The molecule has 5 heteroatoms. The van der Waals surface area contributed by atoms with Gasteiger partial charge < -0.3 is 9.88 Å². The lowest BCUT2D eigenvalue weighted by atomic mass is 10.2. The maximum atomic E-state index is 12.4. The first-order chi connectivity index (χ1) is 12.8. The molecule has 0 aliphatic carbocycles. The number of nitrogens with one attached hydrogen (secondary N) is 2. The summed E-state index contributed by atoms with van der Waals surface area (Å²) in [5.74, 6) is 0.517. The third kappa shape index (κ3) is 3.42. The summed E-state index contributed by atoms with van der Waals surface area (Å²) in [6, 6.07) is 27.0. The predicted octanol–water partition coefficient (Wildman–Crippen LogP) is 4.73. The second kappa shape index (κ2) is 7.11. The van der Waals surface area contributed by atoms with Crippen molar-refractivity contribution in [2.45, 2.75) is 6.54 Å². The first kappa shape index (κ1) is 15.9. The van der Waals surface area contributed by atoms with Crippen LogP contribution in [0.3, 0.4) is 0 Å². The number of urea groups is 1. The van der Waals surface area contributed by atoms with Gasteiger partial charge in [-0.2, -0.15) is 0 Å². The van der Waals surface area contributed by atoms with Crippen molar-refractivity contribution in [3.63, 3.8) is 0 Å². The van der Waals surface area contributed by atoms with Crippen LogP contribution in [0, 0.1) is 0 Å². The van der Waals surface area contributed by atoms with Gasteiger partial charge in [0.25, 0.3) is 0 Å². The van der Waals surface area contributed by atoms with Crippen molar-refractivity contribution in [3.05, 3.63) is 90.5 Å². The molecule has 2 amide bonds. The largest absolute Gasteiger partial charge is 0.326 e. The second-order valence-electron chi connectivity index (χ2n) is 5.94. The number of hydrogen-bond donors (Lipinski definition) is 2. The number of hydrogen-bond acceptors (Lipinski definition) is 2. The summed E-state index contributed by atoms with van der Waals surface area (Å²) in [6.07, 6.45) is 0. The molecular formula is C21H18N4O. The molecule has 0 aliphatic heterocycles. The van der Waals surface area contributed by atoms with Gasteiger partial charge in [-0.25, -0.2) is 9.78 Å². The van der Waals surface area contributed by atoms with E-state index in [0.29, 0.717) is 12.5 Å². The molecular weight excluding hydrogens is 324 g/mol. The molecule has 128 valence electrons. The molecule has 0 unspecified atom stereocenters. The summed E-state index contributed by atoms with van der Waals surface area (Å²) in [7, 11) is 0. The SMILES string of the molecule is O=C(Nc1ccccc1)Nc1nc2ccccc2n1Cc1ccccc1.